The maximum absolute atomic E-state index is 13.1. The summed E-state index contributed by atoms with van der Waals surface area (Å²) in [6.07, 6.45) is 0.531. The van der Waals surface area contributed by atoms with Crippen LogP contribution in [0.25, 0.3) is 0 Å². The molecule has 0 bridgehead atoms. The van der Waals surface area contributed by atoms with Gasteiger partial charge in [-0.2, -0.15) is 0 Å². The highest BCUT2D eigenvalue weighted by Gasteiger charge is 2.40. The SMILES string of the molecule is Bc1c(COc2cccc3c2CN(C2CCC(=O)NC2=O)C3=O)ccc(C(B)(B)N2CCOCC2=O)c1B. The van der Waals surface area contributed by atoms with Gasteiger partial charge in [-0.15, -0.1) is 0 Å². The third kappa shape index (κ3) is 4.53. The van der Waals surface area contributed by atoms with Crippen LogP contribution < -0.4 is 21.0 Å². The van der Waals surface area contributed by atoms with Crippen LogP contribution in [0.15, 0.2) is 30.3 Å². The summed E-state index contributed by atoms with van der Waals surface area (Å²) in [7, 11) is 8.25. The fourth-order valence-electron chi connectivity index (χ4n) is 5.80. The van der Waals surface area contributed by atoms with Gasteiger partial charge < -0.3 is 19.3 Å². The molecule has 0 radical (unpaired) electrons. The first-order valence-electron chi connectivity index (χ1n) is 13.0. The fourth-order valence-corrected chi connectivity index (χ4v) is 5.80. The number of ether oxygens (including phenoxy) is 2. The van der Waals surface area contributed by atoms with Gasteiger partial charge in [0.25, 0.3) is 5.91 Å². The summed E-state index contributed by atoms with van der Waals surface area (Å²) < 4.78 is 11.6. The van der Waals surface area contributed by atoms with Crippen molar-refractivity contribution < 1.29 is 28.7 Å². The lowest BCUT2D eigenvalue weighted by Crippen LogP contribution is -2.58. The predicted octanol–water partition coefficient (Wildman–Crippen LogP) is -4.22. The summed E-state index contributed by atoms with van der Waals surface area (Å²) in [6, 6.07) is 8.80. The van der Waals surface area contributed by atoms with Crippen LogP contribution in [0.5, 0.6) is 5.75 Å². The minimum Gasteiger partial charge on any atom is -0.489 e. The number of morpholine rings is 1. The average Bonchev–Trinajstić information content (AvgIpc) is 3.21. The van der Waals surface area contributed by atoms with Crippen molar-refractivity contribution in [2.24, 2.45) is 0 Å². The zero-order chi connectivity index (χ0) is 27.2. The molecule has 9 nitrogen and oxygen atoms in total. The molecule has 192 valence electrons. The number of hydrogen-bond donors (Lipinski definition) is 1. The normalized spacial score (nSPS) is 19.9. The number of carbonyl (C=O) groups excluding carboxylic acids is 4. The van der Waals surface area contributed by atoms with E-state index in [-0.39, 0.29) is 37.3 Å². The van der Waals surface area contributed by atoms with Gasteiger partial charge >= 0.3 is 0 Å². The lowest BCUT2D eigenvalue weighted by molar-refractivity contribution is -0.145. The molecule has 5 rings (SSSR count). The smallest absolute Gasteiger partial charge is 0.255 e. The Morgan fingerprint density at radius 2 is 1.87 bits per heavy atom. The number of benzene rings is 2. The monoisotopic (exact) mass is 511 g/mol. The van der Waals surface area contributed by atoms with Crippen molar-refractivity contribution in [2.75, 3.05) is 19.8 Å². The average molecular weight is 511 g/mol. The van der Waals surface area contributed by atoms with Gasteiger partial charge in [0.05, 0.1) is 13.2 Å². The number of imide groups is 1. The maximum Gasteiger partial charge on any atom is 0.255 e. The molecule has 2 aromatic rings. The van der Waals surface area contributed by atoms with Gasteiger partial charge in [-0.3, -0.25) is 24.5 Å². The third-order valence-corrected chi connectivity index (χ3v) is 8.14. The largest absolute Gasteiger partial charge is 0.489 e. The molecule has 0 aromatic heterocycles. The van der Waals surface area contributed by atoms with E-state index in [1.54, 1.807) is 12.1 Å². The molecular weight excluding hydrogens is 482 g/mol. The number of amides is 4. The van der Waals surface area contributed by atoms with E-state index in [9.17, 15) is 19.2 Å². The Bertz CT molecular complexity index is 1350. The number of rotatable bonds is 6. The molecule has 3 heterocycles. The van der Waals surface area contributed by atoms with Crippen molar-refractivity contribution in [2.45, 2.75) is 37.4 Å². The van der Waals surface area contributed by atoms with E-state index in [2.05, 4.69) is 42.8 Å². The zero-order valence-electron chi connectivity index (χ0n) is 22.3. The molecule has 13 heteroatoms. The van der Waals surface area contributed by atoms with Crippen molar-refractivity contribution in [1.82, 2.24) is 15.1 Å². The summed E-state index contributed by atoms with van der Waals surface area (Å²) in [5.74, 6) is -0.374. The Morgan fingerprint density at radius 1 is 1.08 bits per heavy atom. The number of carbonyl (C=O) groups is 4. The van der Waals surface area contributed by atoms with Crippen LogP contribution >= 0.6 is 0 Å². The Labute approximate surface area is 225 Å². The lowest BCUT2D eigenvalue weighted by Gasteiger charge is -2.43. The first-order valence-corrected chi connectivity index (χ1v) is 13.0. The summed E-state index contributed by atoms with van der Waals surface area (Å²) in [4.78, 5) is 53.0. The molecule has 2 fully saturated rings. The van der Waals surface area contributed by atoms with Gasteiger partial charge in [0.2, 0.25) is 17.7 Å². The van der Waals surface area contributed by atoms with Crippen LogP contribution in [0.2, 0.25) is 0 Å². The zero-order valence-corrected chi connectivity index (χ0v) is 22.3. The van der Waals surface area contributed by atoms with E-state index in [1.165, 1.54) is 4.90 Å². The molecule has 2 aromatic carbocycles. The summed E-state index contributed by atoms with van der Waals surface area (Å²) in [5.41, 5.74) is 5.56. The van der Waals surface area contributed by atoms with Crippen molar-refractivity contribution >= 4 is 65.9 Å². The minimum absolute atomic E-state index is 0.00968. The van der Waals surface area contributed by atoms with E-state index in [1.807, 2.05) is 17.0 Å². The van der Waals surface area contributed by atoms with E-state index in [4.69, 9.17) is 9.47 Å². The molecule has 3 aliphatic rings. The number of fused-ring (bicyclic) bond motifs is 1. The van der Waals surface area contributed by atoms with Gasteiger partial charge in [0.1, 0.15) is 56.4 Å². The summed E-state index contributed by atoms with van der Waals surface area (Å²) >= 11 is 0. The molecular formula is C25H29B4N3O6. The number of piperidine rings is 1. The highest BCUT2D eigenvalue weighted by atomic mass is 16.5. The molecule has 0 aliphatic carbocycles. The standard InChI is InChI=1S/C25H29B4N3O6/c26-21-13(4-5-16(22(21)27)25(28,29)32-8-9-37-12-20(32)34)11-38-18-3-1-2-14-15(18)10-31(24(14)36)17-6-7-19(33)30-23(17)35/h1-5,17H,6-12,26-29H2,(H,30,33,35). The highest BCUT2D eigenvalue weighted by Crippen LogP contribution is 2.34. The van der Waals surface area contributed by atoms with Gasteiger partial charge in [-0.1, -0.05) is 29.1 Å². The first kappa shape index (κ1) is 26.2. The molecule has 1 unspecified atom stereocenters. The Morgan fingerprint density at radius 3 is 2.61 bits per heavy atom. The molecule has 4 amide bonds. The Balaban J connectivity index is 1.34. The molecule has 0 spiro atoms. The second-order valence-corrected chi connectivity index (χ2v) is 10.7. The van der Waals surface area contributed by atoms with Crippen LogP contribution in [-0.4, -0.2) is 90.6 Å². The van der Waals surface area contributed by atoms with Crippen molar-refractivity contribution in [3.05, 3.63) is 52.6 Å². The fraction of sp³-hybridized carbons (Fsp3) is 0.360. The third-order valence-electron chi connectivity index (χ3n) is 8.14. The summed E-state index contributed by atoms with van der Waals surface area (Å²) in [6.45, 7) is 1.77. The number of hydrogen-bond acceptors (Lipinski definition) is 6. The molecule has 1 N–H and O–H groups in total. The van der Waals surface area contributed by atoms with Gasteiger partial charge in [-0.25, -0.2) is 0 Å². The minimum atomic E-state index is -0.667. The molecule has 2 saturated heterocycles. The second kappa shape index (κ2) is 10.0. The van der Waals surface area contributed by atoms with Crippen LogP contribution in [0.4, 0.5) is 0 Å². The lowest BCUT2D eigenvalue weighted by atomic mass is 9.53. The van der Waals surface area contributed by atoms with Crippen LogP contribution in [0, 0.1) is 0 Å². The van der Waals surface area contributed by atoms with Crippen molar-refractivity contribution in [3.8, 4) is 5.75 Å². The van der Waals surface area contributed by atoms with Crippen LogP contribution in [-0.2, 0) is 37.6 Å². The number of nitrogens with zero attached hydrogens (tertiary/aromatic N) is 2. The maximum atomic E-state index is 13.1. The number of nitrogens with one attached hydrogen (secondary N) is 1. The first-order chi connectivity index (χ1) is 18.1. The highest BCUT2D eigenvalue weighted by molar-refractivity contribution is 6.52. The molecule has 38 heavy (non-hydrogen) atoms. The van der Waals surface area contributed by atoms with E-state index < -0.39 is 17.3 Å². The van der Waals surface area contributed by atoms with Gasteiger partial charge in [0, 0.05) is 29.4 Å². The van der Waals surface area contributed by atoms with E-state index in [0.29, 0.717) is 37.5 Å². The molecule has 3 aliphatic heterocycles. The predicted molar refractivity (Wildman–Crippen MR) is 151 cm³/mol. The van der Waals surface area contributed by atoms with Gasteiger partial charge in [-0.05, 0) is 29.7 Å². The van der Waals surface area contributed by atoms with Crippen LogP contribution in [0.1, 0.15) is 39.9 Å². The Kier molecular flexibility index (Phi) is 6.90. The quantitative estimate of drug-likeness (QED) is 0.312. The molecule has 1 atom stereocenters. The summed E-state index contributed by atoms with van der Waals surface area (Å²) in [5, 5.41) is 1.86. The topological polar surface area (TPSA) is 105 Å². The second-order valence-electron chi connectivity index (χ2n) is 10.7. The van der Waals surface area contributed by atoms with Gasteiger partial charge in [0.15, 0.2) is 0 Å². The van der Waals surface area contributed by atoms with Crippen LogP contribution in [0.3, 0.4) is 0 Å². The van der Waals surface area contributed by atoms with E-state index >= 15 is 0 Å². The van der Waals surface area contributed by atoms with E-state index in [0.717, 1.165) is 27.6 Å². The van der Waals surface area contributed by atoms with Crippen molar-refractivity contribution in [1.29, 1.82) is 0 Å². The molecule has 0 saturated carbocycles. The Hall–Kier alpha value is -3.46. The van der Waals surface area contributed by atoms with Crippen molar-refractivity contribution in [3.63, 3.8) is 0 Å².